The lowest BCUT2D eigenvalue weighted by atomic mass is 10.0. The van der Waals surface area contributed by atoms with Crippen LogP contribution in [0.1, 0.15) is 38.2 Å². The molecule has 0 radical (unpaired) electrons. The second kappa shape index (κ2) is 6.36. The van der Waals surface area contributed by atoms with E-state index in [9.17, 15) is 13.6 Å². The SMILES string of the molecule is CCCCCC(=O)Cc1ccc(F)c(F)c1. The first-order valence-electron chi connectivity index (χ1n) is 5.59. The van der Waals surface area contributed by atoms with Gasteiger partial charge in [0.1, 0.15) is 5.78 Å². The predicted molar refractivity (Wildman–Crippen MR) is 59.2 cm³/mol. The fourth-order valence-corrected chi connectivity index (χ4v) is 1.54. The molecule has 1 nitrogen and oxygen atoms in total. The first-order valence-corrected chi connectivity index (χ1v) is 5.59. The maximum absolute atomic E-state index is 12.8. The number of hydrogen-bond acceptors (Lipinski definition) is 1. The summed E-state index contributed by atoms with van der Waals surface area (Å²) in [5, 5.41) is 0. The lowest BCUT2D eigenvalue weighted by molar-refractivity contribution is -0.118. The van der Waals surface area contributed by atoms with Crippen molar-refractivity contribution in [2.24, 2.45) is 0 Å². The molecule has 0 aliphatic rings. The Hall–Kier alpha value is -1.25. The highest BCUT2D eigenvalue weighted by Crippen LogP contribution is 2.11. The Morgan fingerprint density at radius 2 is 1.94 bits per heavy atom. The molecule has 0 amide bonds. The second-order valence-electron chi connectivity index (χ2n) is 3.92. The Labute approximate surface area is 94.5 Å². The summed E-state index contributed by atoms with van der Waals surface area (Å²) in [7, 11) is 0. The molecule has 0 aromatic heterocycles. The van der Waals surface area contributed by atoms with Crippen LogP contribution < -0.4 is 0 Å². The molecule has 0 spiro atoms. The second-order valence-corrected chi connectivity index (χ2v) is 3.92. The van der Waals surface area contributed by atoms with Gasteiger partial charge >= 0.3 is 0 Å². The van der Waals surface area contributed by atoms with Crippen molar-refractivity contribution in [3.8, 4) is 0 Å². The largest absolute Gasteiger partial charge is 0.299 e. The van der Waals surface area contributed by atoms with E-state index in [2.05, 4.69) is 6.92 Å². The Balaban J connectivity index is 2.46. The normalized spacial score (nSPS) is 10.4. The van der Waals surface area contributed by atoms with Crippen LogP contribution in [0.2, 0.25) is 0 Å². The smallest absolute Gasteiger partial charge is 0.159 e. The number of ketones is 1. The summed E-state index contributed by atoms with van der Waals surface area (Å²) in [4.78, 5) is 11.5. The van der Waals surface area contributed by atoms with Crippen molar-refractivity contribution < 1.29 is 13.6 Å². The van der Waals surface area contributed by atoms with Gasteiger partial charge in [0.15, 0.2) is 11.6 Å². The topological polar surface area (TPSA) is 17.1 Å². The predicted octanol–water partition coefficient (Wildman–Crippen LogP) is 3.66. The van der Waals surface area contributed by atoms with Crippen LogP contribution in [0.4, 0.5) is 8.78 Å². The van der Waals surface area contributed by atoms with Crippen LogP contribution in [0.5, 0.6) is 0 Å². The summed E-state index contributed by atoms with van der Waals surface area (Å²) in [5.74, 6) is -1.68. The van der Waals surface area contributed by atoms with Gasteiger partial charge in [-0.05, 0) is 24.1 Å². The Morgan fingerprint density at radius 3 is 2.56 bits per heavy atom. The van der Waals surface area contributed by atoms with Crippen LogP contribution in [0.3, 0.4) is 0 Å². The van der Waals surface area contributed by atoms with E-state index in [4.69, 9.17) is 0 Å². The van der Waals surface area contributed by atoms with E-state index in [1.54, 1.807) is 0 Å². The van der Waals surface area contributed by atoms with Gasteiger partial charge < -0.3 is 0 Å². The van der Waals surface area contributed by atoms with Gasteiger partial charge in [-0.2, -0.15) is 0 Å². The highest BCUT2D eigenvalue weighted by atomic mass is 19.2. The lowest BCUT2D eigenvalue weighted by Gasteiger charge is -2.01. The van der Waals surface area contributed by atoms with Crippen LogP contribution in [-0.4, -0.2) is 5.78 Å². The molecule has 1 aromatic rings. The summed E-state index contributed by atoms with van der Waals surface area (Å²) >= 11 is 0. The molecule has 1 rings (SSSR count). The van der Waals surface area contributed by atoms with E-state index in [1.165, 1.54) is 6.07 Å². The summed E-state index contributed by atoms with van der Waals surface area (Å²) in [5.41, 5.74) is 0.542. The molecule has 0 unspecified atom stereocenters. The molecular formula is C13H16F2O. The third-order valence-electron chi connectivity index (χ3n) is 2.44. The van der Waals surface area contributed by atoms with Crippen LogP contribution in [-0.2, 0) is 11.2 Å². The van der Waals surface area contributed by atoms with Gasteiger partial charge in [-0.1, -0.05) is 25.8 Å². The number of benzene rings is 1. The minimum atomic E-state index is -0.890. The van der Waals surface area contributed by atoms with Gasteiger partial charge in [-0.25, -0.2) is 8.78 Å². The molecule has 1 aromatic carbocycles. The van der Waals surface area contributed by atoms with Crippen molar-refractivity contribution in [2.75, 3.05) is 0 Å². The van der Waals surface area contributed by atoms with Crippen molar-refractivity contribution in [2.45, 2.75) is 39.0 Å². The van der Waals surface area contributed by atoms with Crippen molar-refractivity contribution in [3.63, 3.8) is 0 Å². The summed E-state index contributed by atoms with van der Waals surface area (Å²) in [6.07, 6.45) is 3.69. The van der Waals surface area contributed by atoms with E-state index in [1.807, 2.05) is 0 Å². The lowest BCUT2D eigenvalue weighted by Crippen LogP contribution is -2.03. The average molecular weight is 226 g/mol. The average Bonchev–Trinajstić information content (AvgIpc) is 2.24. The molecule has 0 aliphatic heterocycles. The Bertz CT molecular complexity index is 361. The number of Topliss-reactive ketones (excluding diaryl/α,β-unsaturated/α-hetero) is 1. The summed E-state index contributed by atoms with van der Waals surface area (Å²) in [6.45, 7) is 2.07. The Morgan fingerprint density at radius 1 is 1.19 bits per heavy atom. The van der Waals surface area contributed by atoms with E-state index in [-0.39, 0.29) is 12.2 Å². The van der Waals surface area contributed by atoms with Gasteiger partial charge in [0, 0.05) is 12.8 Å². The molecule has 0 N–H and O–H groups in total. The van der Waals surface area contributed by atoms with Crippen molar-refractivity contribution >= 4 is 5.78 Å². The molecule has 0 atom stereocenters. The third-order valence-corrected chi connectivity index (χ3v) is 2.44. The standard InChI is InChI=1S/C13H16F2O/c1-2-3-4-5-11(16)8-10-6-7-12(14)13(15)9-10/h6-7,9H,2-5,8H2,1H3. The van der Waals surface area contributed by atoms with E-state index < -0.39 is 11.6 Å². The van der Waals surface area contributed by atoms with Gasteiger partial charge in [0.25, 0.3) is 0 Å². The molecule has 0 saturated carbocycles. The van der Waals surface area contributed by atoms with E-state index >= 15 is 0 Å². The van der Waals surface area contributed by atoms with Gasteiger partial charge in [-0.3, -0.25) is 4.79 Å². The first-order chi connectivity index (χ1) is 7.63. The van der Waals surface area contributed by atoms with Gasteiger partial charge in [0.2, 0.25) is 0 Å². The van der Waals surface area contributed by atoms with Crippen molar-refractivity contribution in [1.29, 1.82) is 0 Å². The minimum Gasteiger partial charge on any atom is -0.299 e. The molecule has 16 heavy (non-hydrogen) atoms. The number of hydrogen-bond donors (Lipinski definition) is 0. The highest BCUT2D eigenvalue weighted by Gasteiger charge is 2.06. The van der Waals surface area contributed by atoms with Gasteiger partial charge in [0.05, 0.1) is 0 Å². The van der Waals surface area contributed by atoms with Crippen LogP contribution in [0.25, 0.3) is 0 Å². The molecule has 0 fully saturated rings. The van der Waals surface area contributed by atoms with E-state index in [0.29, 0.717) is 12.0 Å². The first kappa shape index (κ1) is 12.8. The van der Waals surface area contributed by atoms with Crippen LogP contribution in [0.15, 0.2) is 18.2 Å². The summed E-state index contributed by atoms with van der Waals surface area (Å²) < 4.78 is 25.5. The maximum Gasteiger partial charge on any atom is 0.159 e. The molecule has 0 heterocycles. The third kappa shape index (κ3) is 4.09. The zero-order chi connectivity index (χ0) is 12.0. The number of carbonyl (C=O) groups excluding carboxylic acids is 1. The summed E-state index contributed by atoms with van der Waals surface area (Å²) in [6, 6.07) is 3.60. The zero-order valence-electron chi connectivity index (χ0n) is 9.43. The molecule has 88 valence electrons. The molecule has 0 saturated heterocycles. The van der Waals surface area contributed by atoms with Crippen LogP contribution in [0, 0.1) is 11.6 Å². The quantitative estimate of drug-likeness (QED) is 0.676. The molecule has 0 bridgehead atoms. The van der Waals surface area contributed by atoms with Gasteiger partial charge in [-0.15, -0.1) is 0 Å². The molecular weight excluding hydrogens is 210 g/mol. The Kier molecular flexibility index (Phi) is 5.09. The van der Waals surface area contributed by atoms with Crippen molar-refractivity contribution in [1.82, 2.24) is 0 Å². The number of unbranched alkanes of at least 4 members (excludes halogenated alkanes) is 2. The fraction of sp³-hybridized carbons (Fsp3) is 0.462. The zero-order valence-corrected chi connectivity index (χ0v) is 9.43. The number of rotatable bonds is 6. The highest BCUT2D eigenvalue weighted by molar-refractivity contribution is 5.80. The van der Waals surface area contributed by atoms with E-state index in [0.717, 1.165) is 31.4 Å². The molecule has 0 aliphatic carbocycles. The number of halogens is 2. The van der Waals surface area contributed by atoms with Crippen molar-refractivity contribution in [3.05, 3.63) is 35.4 Å². The minimum absolute atomic E-state index is 0.0828. The monoisotopic (exact) mass is 226 g/mol. The molecule has 3 heteroatoms. The fourth-order valence-electron chi connectivity index (χ4n) is 1.54. The van der Waals surface area contributed by atoms with Crippen LogP contribution >= 0.6 is 0 Å². The number of carbonyl (C=O) groups is 1. The maximum atomic E-state index is 12.8.